The van der Waals surface area contributed by atoms with E-state index in [2.05, 4.69) is 4.98 Å². The van der Waals surface area contributed by atoms with Crippen molar-refractivity contribution >= 4 is 22.6 Å². The lowest BCUT2D eigenvalue weighted by atomic mass is 10.1. The Balaban J connectivity index is 2.43. The summed E-state index contributed by atoms with van der Waals surface area (Å²) in [5.41, 5.74) is 1.31. The predicted molar refractivity (Wildman–Crippen MR) is 79.9 cm³/mol. The van der Waals surface area contributed by atoms with E-state index < -0.39 is 12.1 Å². The quantitative estimate of drug-likeness (QED) is 0.836. The number of carbonyl (C=O) groups is 1. The smallest absolute Gasteiger partial charge is 0.354 e. The van der Waals surface area contributed by atoms with Crippen LogP contribution in [0.25, 0.3) is 10.9 Å². The molecule has 0 bridgehead atoms. The third-order valence-corrected chi connectivity index (χ3v) is 3.17. The molecule has 0 saturated heterocycles. The zero-order chi connectivity index (χ0) is 15.4. The summed E-state index contributed by atoms with van der Waals surface area (Å²) in [7, 11) is 3.32. The number of nitrogens with zero attached hydrogens (tertiary/aromatic N) is 2. The van der Waals surface area contributed by atoms with Gasteiger partial charge in [-0.15, -0.1) is 0 Å². The van der Waals surface area contributed by atoms with Crippen LogP contribution in [0.2, 0.25) is 0 Å². The van der Waals surface area contributed by atoms with Crippen molar-refractivity contribution in [1.82, 2.24) is 4.98 Å². The number of anilines is 1. The molecule has 112 valence electrons. The fraction of sp³-hybridized carbons (Fsp3) is 0.333. The molecule has 0 radical (unpaired) electrons. The Morgan fingerprint density at radius 2 is 2.14 bits per heavy atom. The van der Waals surface area contributed by atoms with E-state index in [-0.39, 0.29) is 12.3 Å². The van der Waals surface area contributed by atoms with E-state index in [0.29, 0.717) is 17.7 Å². The van der Waals surface area contributed by atoms with Crippen molar-refractivity contribution in [3.63, 3.8) is 0 Å². The van der Waals surface area contributed by atoms with Gasteiger partial charge in [0.1, 0.15) is 0 Å². The largest absolute Gasteiger partial charge is 0.477 e. The predicted octanol–water partition coefficient (Wildman–Crippen LogP) is 1.38. The topological polar surface area (TPSA) is 82.9 Å². The van der Waals surface area contributed by atoms with E-state index in [1.165, 1.54) is 13.2 Å². The number of fused-ring (bicyclic) bond motifs is 1. The fourth-order valence-electron chi connectivity index (χ4n) is 2.24. The van der Waals surface area contributed by atoms with Crippen molar-refractivity contribution in [1.29, 1.82) is 0 Å². The summed E-state index contributed by atoms with van der Waals surface area (Å²) in [5.74, 6) is -1.08. The molecule has 6 heteroatoms. The van der Waals surface area contributed by atoms with Gasteiger partial charge >= 0.3 is 5.97 Å². The van der Waals surface area contributed by atoms with Crippen LogP contribution in [0.5, 0.6) is 0 Å². The van der Waals surface area contributed by atoms with E-state index in [1.807, 2.05) is 18.2 Å². The van der Waals surface area contributed by atoms with Crippen molar-refractivity contribution in [3.05, 3.63) is 36.0 Å². The van der Waals surface area contributed by atoms with Crippen LogP contribution < -0.4 is 4.90 Å². The third-order valence-electron chi connectivity index (χ3n) is 3.17. The van der Waals surface area contributed by atoms with E-state index in [9.17, 15) is 9.90 Å². The number of aromatic nitrogens is 1. The Morgan fingerprint density at radius 3 is 2.81 bits per heavy atom. The van der Waals surface area contributed by atoms with E-state index in [4.69, 9.17) is 9.84 Å². The van der Waals surface area contributed by atoms with Gasteiger partial charge in [0.15, 0.2) is 5.69 Å². The summed E-state index contributed by atoms with van der Waals surface area (Å²) in [5, 5.41) is 19.8. The molecule has 0 aliphatic rings. The number of rotatable bonds is 6. The van der Waals surface area contributed by atoms with Gasteiger partial charge in [-0.25, -0.2) is 9.78 Å². The monoisotopic (exact) mass is 290 g/mol. The van der Waals surface area contributed by atoms with E-state index in [1.54, 1.807) is 18.0 Å². The second-order valence-corrected chi connectivity index (χ2v) is 4.84. The van der Waals surface area contributed by atoms with Crippen LogP contribution in [-0.4, -0.2) is 54.6 Å². The summed E-state index contributed by atoms with van der Waals surface area (Å²) < 4.78 is 4.91. The first kappa shape index (κ1) is 15.2. The molecule has 1 aromatic carbocycles. The average Bonchev–Trinajstić information content (AvgIpc) is 2.46. The van der Waals surface area contributed by atoms with Gasteiger partial charge in [-0.1, -0.05) is 18.2 Å². The molecule has 2 rings (SSSR count). The first-order valence-electron chi connectivity index (χ1n) is 6.54. The lowest BCUT2D eigenvalue weighted by molar-refractivity contribution is 0.0691. The first-order chi connectivity index (χ1) is 10.0. The summed E-state index contributed by atoms with van der Waals surface area (Å²) in [6.07, 6.45) is -0.653. The Morgan fingerprint density at radius 1 is 1.43 bits per heavy atom. The molecule has 6 nitrogen and oxygen atoms in total. The molecule has 2 N–H and O–H groups in total. The van der Waals surface area contributed by atoms with E-state index >= 15 is 0 Å². The maximum atomic E-state index is 11.2. The molecule has 0 aliphatic heterocycles. The van der Waals surface area contributed by atoms with E-state index in [0.717, 1.165) is 5.39 Å². The molecule has 1 atom stereocenters. The van der Waals surface area contributed by atoms with Crippen LogP contribution >= 0.6 is 0 Å². The molecule has 0 fully saturated rings. The van der Waals surface area contributed by atoms with Crippen LogP contribution in [0.3, 0.4) is 0 Å². The van der Waals surface area contributed by atoms with Crippen molar-refractivity contribution in [2.75, 3.05) is 32.2 Å². The van der Waals surface area contributed by atoms with Gasteiger partial charge in [-0.2, -0.15) is 0 Å². The number of hydrogen-bond donors (Lipinski definition) is 2. The average molecular weight is 290 g/mol. The first-order valence-corrected chi connectivity index (χ1v) is 6.54. The van der Waals surface area contributed by atoms with Crippen molar-refractivity contribution < 1.29 is 19.7 Å². The highest BCUT2D eigenvalue weighted by atomic mass is 16.5. The molecule has 2 aromatic rings. The molecular weight excluding hydrogens is 272 g/mol. The van der Waals surface area contributed by atoms with Crippen LogP contribution in [-0.2, 0) is 4.74 Å². The maximum Gasteiger partial charge on any atom is 0.354 e. The molecule has 0 spiro atoms. The highest BCUT2D eigenvalue weighted by molar-refractivity contribution is 5.97. The standard InChI is InChI=1S/C15H18N2O4/c1-17(8-10(18)9-21-2)14-7-13(15(19)20)16-12-6-4-3-5-11(12)14/h3-7,10,18H,8-9H2,1-2H3,(H,19,20). The molecule has 0 amide bonds. The number of hydrogen-bond acceptors (Lipinski definition) is 5. The van der Waals surface area contributed by atoms with Gasteiger partial charge in [0.25, 0.3) is 0 Å². The summed E-state index contributed by atoms with van der Waals surface area (Å²) >= 11 is 0. The van der Waals surface area contributed by atoms with Crippen LogP contribution in [0.15, 0.2) is 30.3 Å². The summed E-state index contributed by atoms with van der Waals surface area (Å²) in [4.78, 5) is 17.1. The number of carboxylic acids is 1. The number of aliphatic hydroxyl groups is 1. The normalized spacial score (nSPS) is 12.3. The second-order valence-electron chi connectivity index (χ2n) is 4.84. The fourth-order valence-corrected chi connectivity index (χ4v) is 2.24. The number of benzene rings is 1. The molecular formula is C15H18N2O4. The summed E-state index contributed by atoms with van der Waals surface area (Å²) in [6.45, 7) is 0.556. The molecule has 1 unspecified atom stereocenters. The number of aliphatic hydroxyl groups excluding tert-OH is 1. The number of ether oxygens (including phenoxy) is 1. The minimum Gasteiger partial charge on any atom is -0.477 e. The Labute approximate surface area is 122 Å². The molecule has 1 heterocycles. The minimum absolute atomic E-state index is 0.0169. The SMILES string of the molecule is COCC(O)CN(C)c1cc(C(=O)O)nc2ccccc12. The Hall–Kier alpha value is -2.18. The van der Waals surface area contributed by atoms with Crippen molar-refractivity contribution in [3.8, 4) is 0 Å². The zero-order valence-electron chi connectivity index (χ0n) is 12.0. The van der Waals surface area contributed by atoms with Gasteiger partial charge in [0.2, 0.25) is 0 Å². The van der Waals surface area contributed by atoms with Crippen LogP contribution in [0, 0.1) is 0 Å². The van der Waals surface area contributed by atoms with Gasteiger partial charge in [0, 0.05) is 31.8 Å². The highest BCUT2D eigenvalue weighted by Crippen LogP contribution is 2.26. The number of para-hydroxylation sites is 1. The second kappa shape index (κ2) is 6.51. The minimum atomic E-state index is -1.08. The lowest BCUT2D eigenvalue weighted by Gasteiger charge is -2.24. The Bertz CT molecular complexity index is 645. The third kappa shape index (κ3) is 3.48. The van der Waals surface area contributed by atoms with Gasteiger partial charge in [-0.05, 0) is 12.1 Å². The number of methoxy groups -OCH3 is 1. The molecule has 1 aromatic heterocycles. The van der Waals surface area contributed by atoms with Crippen LogP contribution in [0.1, 0.15) is 10.5 Å². The van der Waals surface area contributed by atoms with Crippen molar-refractivity contribution in [2.45, 2.75) is 6.10 Å². The molecule has 21 heavy (non-hydrogen) atoms. The van der Waals surface area contributed by atoms with Crippen LogP contribution in [0.4, 0.5) is 5.69 Å². The summed E-state index contributed by atoms with van der Waals surface area (Å²) in [6, 6.07) is 8.84. The Kier molecular flexibility index (Phi) is 4.72. The lowest BCUT2D eigenvalue weighted by Crippen LogP contribution is -2.32. The molecule has 0 aliphatic carbocycles. The number of carboxylic acid groups (broad SMARTS) is 1. The number of pyridine rings is 1. The van der Waals surface area contributed by atoms with Gasteiger partial charge in [0.05, 0.1) is 18.2 Å². The maximum absolute atomic E-state index is 11.2. The van der Waals surface area contributed by atoms with Gasteiger partial charge in [-0.3, -0.25) is 0 Å². The zero-order valence-corrected chi connectivity index (χ0v) is 12.0. The highest BCUT2D eigenvalue weighted by Gasteiger charge is 2.15. The van der Waals surface area contributed by atoms with Gasteiger partial charge < -0.3 is 19.8 Å². The van der Waals surface area contributed by atoms with Crippen molar-refractivity contribution in [2.24, 2.45) is 0 Å². The number of likely N-dealkylation sites (N-methyl/N-ethyl adjacent to an activating group) is 1. The molecule has 0 saturated carbocycles. The number of aromatic carboxylic acids is 1.